The Bertz CT molecular complexity index is 476. The Balaban J connectivity index is 1.87. The zero-order chi connectivity index (χ0) is 15.9. The molecular weight excluding hydrogens is 280 g/mol. The van der Waals surface area contributed by atoms with Gasteiger partial charge in [-0.2, -0.15) is 0 Å². The maximum Gasteiger partial charge on any atom is 0.248 e. The minimum atomic E-state index is 0.0835. The quantitative estimate of drug-likeness (QED) is 0.895. The zero-order valence-electron chi connectivity index (χ0n) is 13.7. The average Bonchev–Trinajstić information content (AvgIpc) is 2.74. The summed E-state index contributed by atoms with van der Waals surface area (Å²) in [5.41, 5.74) is 1.03. The van der Waals surface area contributed by atoms with Crippen LogP contribution in [-0.2, 0) is 9.53 Å². The van der Waals surface area contributed by atoms with Crippen LogP contribution in [0.5, 0.6) is 0 Å². The number of hydrogen-bond acceptors (Lipinski definition) is 5. The minimum Gasteiger partial charge on any atom is -0.381 e. The van der Waals surface area contributed by atoms with Crippen LogP contribution in [0.3, 0.4) is 0 Å². The van der Waals surface area contributed by atoms with E-state index >= 15 is 0 Å². The molecule has 1 aromatic heterocycles. The summed E-state index contributed by atoms with van der Waals surface area (Å²) >= 11 is 0. The Morgan fingerprint density at radius 1 is 1.41 bits per heavy atom. The van der Waals surface area contributed by atoms with E-state index in [2.05, 4.69) is 16.4 Å². The number of amides is 1. The van der Waals surface area contributed by atoms with E-state index in [9.17, 15) is 4.79 Å². The molecule has 0 aliphatic carbocycles. The van der Waals surface area contributed by atoms with Gasteiger partial charge in [0.25, 0.3) is 0 Å². The molecule has 6 nitrogen and oxygen atoms in total. The number of pyridine rings is 1. The number of carbonyl (C=O) groups excluding carboxylic acids is 1. The number of nitrogens with one attached hydrogen (secondary N) is 1. The first-order valence-corrected chi connectivity index (χ1v) is 7.77. The van der Waals surface area contributed by atoms with Gasteiger partial charge in [-0.15, -0.1) is 0 Å². The molecule has 1 N–H and O–H groups in total. The first-order valence-electron chi connectivity index (χ1n) is 7.77. The summed E-state index contributed by atoms with van der Waals surface area (Å²) in [6.07, 6.45) is 4.89. The lowest BCUT2D eigenvalue weighted by atomic mass is 10.1. The topological polar surface area (TPSA) is 57.7 Å². The summed E-state index contributed by atoms with van der Waals surface area (Å²) in [6, 6.07) is 4.45. The van der Waals surface area contributed by atoms with Crippen LogP contribution in [0.2, 0.25) is 0 Å². The number of anilines is 2. The van der Waals surface area contributed by atoms with Crippen molar-refractivity contribution in [2.24, 2.45) is 0 Å². The Hall–Kier alpha value is -1.82. The van der Waals surface area contributed by atoms with Crippen LogP contribution in [0.25, 0.3) is 0 Å². The third-order valence-corrected chi connectivity index (χ3v) is 3.93. The fourth-order valence-corrected chi connectivity index (χ4v) is 2.68. The monoisotopic (exact) mass is 306 g/mol. The second-order valence-electron chi connectivity index (χ2n) is 5.89. The molecule has 1 atom stereocenters. The van der Waals surface area contributed by atoms with Crippen molar-refractivity contribution in [2.75, 3.05) is 51.1 Å². The van der Waals surface area contributed by atoms with Crippen molar-refractivity contribution in [2.45, 2.75) is 25.3 Å². The standard InChI is InChI=1S/C16H26N4O2/c1-19(2)15-7-6-14(11-17-15)18-13-5-4-9-20(10-8-13)16(21)12-22-3/h6-7,11,13,18H,4-5,8-10,12H2,1-3H3/t13-/m1/s1. The highest BCUT2D eigenvalue weighted by atomic mass is 16.5. The van der Waals surface area contributed by atoms with E-state index in [-0.39, 0.29) is 12.5 Å². The predicted octanol–water partition coefficient (Wildman–Crippen LogP) is 1.59. The number of ether oxygens (including phenoxy) is 1. The van der Waals surface area contributed by atoms with Crippen LogP contribution >= 0.6 is 0 Å². The summed E-state index contributed by atoms with van der Waals surface area (Å²) in [4.78, 5) is 20.2. The highest BCUT2D eigenvalue weighted by Crippen LogP contribution is 2.18. The fraction of sp³-hybridized carbons (Fsp3) is 0.625. The highest BCUT2D eigenvalue weighted by molar-refractivity contribution is 5.77. The summed E-state index contributed by atoms with van der Waals surface area (Å²) in [6.45, 7) is 1.77. The maximum atomic E-state index is 11.9. The number of methoxy groups -OCH3 is 1. The van der Waals surface area contributed by atoms with E-state index in [1.807, 2.05) is 36.2 Å². The van der Waals surface area contributed by atoms with Crippen LogP contribution in [0.1, 0.15) is 19.3 Å². The van der Waals surface area contributed by atoms with Gasteiger partial charge in [-0.25, -0.2) is 4.98 Å². The van der Waals surface area contributed by atoms with Crippen molar-refractivity contribution < 1.29 is 9.53 Å². The first-order chi connectivity index (χ1) is 10.6. The number of nitrogens with zero attached hydrogens (tertiary/aromatic N) is 3. The molecule has 122 valence electrons. The molecule has 0 aromatic carbocycles. The Morgan fingerprint density at radius 2 is 2.23 bits per heavy atom. The van der Waals surface area contributed by atoms with Crippen LogP contribution in [0.4, 0.5) is 11.5 Å². The summed E-state index contributed by atoms with van der Waals surface area (Å²) in [5, 5.41) is 3.53. The molecule has 22 heavy (non-hydrogen) atoms. The van der Waals surface area contributed by atoms with Crippen LogP contribution in [0.15, 0.2) is 18.3 Å². The van der Waals surface area contributed by atoms with Gasteiger partial charge in [-0.1, -0.05) is 0 Å². The third kappa shape index (κ3) is 4.59. The Labute approximate surface area is 132 Å². The van der Waals surface area contributed by atoms with E-state index in [4.69, 9.17) is 4.74 Å². The van der Waals surface area contributed by atoms with E-state index < -0.39 is 0 Å². The number of likely N-dealkylation sites (tertiary alicyclic amines) is 1. The second-order valence-corrected chi connectivity index (χ2v) is 5.89. The highest BCUT2D eigenvalue weighted by Gasteiger charge is 2.20. The van der Waals surface area contributed by atoms with E-state index in [1.165, 1.54) is 0 Å². The molecule has 0 saturated carbocycles. The van der Waals surface area contributed by atoms with Gasteiger partial charge in [0.05, 0.1) is 11.9 Å². The number of rotatable bonds is 5. The SMILES string of the molecule is COCC(=O)N1CCC[C@@H](Nc2ccc(N(C)C)nc2)CC1. The molecule has 1 fully saturated rings. The zero-order valence-corrected chi connectivity index (χ0v) is 13.7. The van der Waals surface area contributed by atoms with Crippen molar-refractivity contribution in [1.82, 2.24) is 9.88 Å². The largest absolute Gasteiger partial charge is 0.381 e. The fourth-order valence-electron chi connectivity index (χ4n) is 2.68. The Morgan fingerprint density at radius 3 is 2.86 bits per heavy atom. The van der Waals surface area contributed by atoms with Gasteiger partial charge in [0.2, 0.25) is 5.91 Å². The van der Waals surface area contributed by atoms with Crippen LogP contribution < -0.4 is 10.2 Å². The minimum absolute atomic E-state index is 0.0835. The smallest absolute Gasteiger partial charge is 0.248 e. The molecule has 1 aliphatic rings. The van der Waals surface area contributed by atoms with E-state index in [0.29, 0.717) is 6.04 Å². The van der Waals surface area contributed by atoms with Crippen molar-refractivity contribution in [3.8, 4) is 0 Å². The Kier molecular flexibility index (Phi) is 6.00. The molecule has 2 heterocycles. The molecule has 1 aliphatic heterocycles. The molecule has 6 heteroatoms. The molecule has 0 radical (unpaired) electrons. The number of carbonyl (C=O) groups is 1. The predicted molar refractivity (Wildman–Crippen MR) is 88.3 cm³/mol. The van der Waals surface area contributed by atoms with Gasteiger partial charge in [-0.3, -0.25) is 4.79 Å². The van der Waals surface area contributed by atoms with Gasteiger partial charge >= 0.3 is 0 Å². The summed E-state index contributed by atoms with van der Waals surface area (Å²) in [5.74, 6) is 1.03. The van der Waals surface area contributed by atoms with Crippen LogP contribution in [-0.4, -0.2) is 62.7 Å². The lowest BCUT2D eigenvalue weighted by Crippen LogP contribution is -2.35. The van der Waals surface area contributed by atoms with Crippen molar-refractivity contribution in [1.29, 1.82) is 0 Å². The summed E-state index contributed by atoms with van der Waals surface area (Å²) in [7, 11) is 5.52. The molecule has 0 spiro atoms. The summed E-state index contributed by atoms with van der Waals surface area (Å²) < 4.78 is 4.93. The molecule has 0 bridgehead atoms. The van der Waals surface area contributed by atoms with Gasteiger partial charge in [-0.05, 0) is 31.4 Å². The molecule has 1 saturated heterocycles. The van der Waals surface area contributed by atoms with Gasteiger partial charge in [0.15, 0.2) is 0 Å². The van der Waals surface area contributed by atoms with Gasteiger partial charge in [0, 0.05) is 40.3 Å². The van der Waals surface area contributed by atoms with Gasteiger partial charge < -0.3 is 19.9 Å². The van der Waals surface area contributed by atoms with Crippen molar-refractivity contribution >= 4 is 17.4 Å². The molecule has 1 amide bonds. The molecule has 2 rings (SSSR count). The normalized spacial score (nSPS) is 18.7. The molecule has 1 aromatic rings. The average molecular weight is 306 g/mol. The second kappa shape index (κ2) is 7.98. The van der Waals surface area contributed by atoms with Gasteiger partial charge in [0.1, 0.15) is 12.4 Å². The lowest BCUT2D eigenvalue weighted by molar-refractivity contribution is -0.135. The number of aromatic nitrogens is 1. The van der Waals surface area contributed by atoms with Crippen molar-refractivity contribution in [3.63, 3.8) is 0 Å². The van der Waals surface area contributed by atoms with Crippen molar-refractivity contribution in [3.05, 3.63) is 18.3 Å². The molecular formula is C16H26N4O2. The number of hydrogen-bond donors (Lipinski definition) is 1. The van der Waals surface area contributed by atoms with Crippen LogP contribution in [0, 0.1) is 0 Å². The molecule has 0 unspecified atom stereocenters. The first kappa shape index (κ1) is 16.5. The third-order valence-electron chi connectivity index (χ3n) is 3.93. The van der Waals surface area contributed by atoms with E-state index in [1.54, 1.807) is 7.11 Å². The lowest BCUT2D eigenvalue weighted by Gasteiger charge is -2.21. The maximum absolute atomic E-state index is 11.9. The van der Waals surface area contributed by atoms with E-state index in [0.717, 1.165) is 43.9 Å².